The van der Waals surface area contributed by atoms with Crippen molar-refractivity contribution in [1.29, 1.82) is 0 Å². The van der Waals surface area contributed by atoms with E-state index >= 15 is 0 Å². The van der Waals surface area contributed by atoms with Crippen LogP contribution < -0.4 is 5.48 Å². The standard InChI is InChI=1S/C53H85N5O14/c1-30-26-52(9,67-12)48(33(4)45(70-43-27-51(8,66-11)47(62)36(7)69-43)34(5)50(63)72-49-35(6)53(49,64)46(61)32(3)44(30)60)71-42-25-39(24-31(2)68-42)57(10)28-37-19-21-38(22-20-37)40-29-58(56-54-40)23-17-15-13-14-16-18-41(59)55-65/h19-22,29-36,39,42-43,45-49,61-62,64-65H,13-18,23-28H2,1-12H3,(H,55,59)/t30-,31-,32+,33+,34-,35?,36+,39+,42?,43?,45-,46-,47+,48-,49?,51-,52+,53+/m1/s1. The number of aliphatic hydroxyl groups is 3. The molecule has 18 atom stereocenters. The van der Waals surface area contributed by atoms with Gasteiger partial charge in [0.05, 0.1) is 53.8 Å². The number of aryl methyl sites for hydroxylation is 1. The second-order valence-corrected chi connectivity index (χ2v) is 22.1. The van der Waals surface area contributed by atoms with Crippen molar-refractivity contribution in [2.45, 2.75) is 218 Å². The lowest BCUT2D eigenvalue weighted by Crippen LogP contribution is -2.59. The summed E-state index contributed by atoms with van der Waals surface area (Å²) >= 11 is 0. The van der Waals surface area contributed by atoms with Crippen LogP contribution in [0.3, 0.4) is 0 Å². The van der Waals surface area contributed by atoms with Gasteiger partial charge < -0.3 is 48.5 Å². The predicted octanol–water partition coefficient (Wildman–Crippen LogP) is 5.36. The average Bonchev–Trinajstić information content (AvgIpc) is 3.60. The summed E-state index contributed by atoms with van der Waals surface area (Å²) in [6, 6.07) is 8.36. The monoisotopic (exact) mass is 1020 g/mol. The lowest BCUT2D eigenvalue weighted by Gasteiger charge is -2.49. The molecule has 1 amide bonds. The van der Waals surface area contributed by atoms with Crippen LogP contribution >= 0.6 is 0 Å². The summed E-state index contributed by atoms with van der Waals surface area (Å²) in [6.45, 7) is 17.5. The van der Waals surface area contributed by atoms with Crippen molar-refractivity contribution in [2.75, 3.05) is 21.3 Å². The predicted molar refractivity (Wildman–Crippen MR) is 264 cm³/mol. The van der Waals surface area contributed by atoms with E-state index in [0.717, 1.165) is 61.9 Å². The Morgan fingerprint density at radius 2 is 1.53 bits per heavy atom. The smallest absolute Gasteiger partial charge is 0.311 e. The number of methoxy groups -OCH3 is 2. The molecule has 19 heteroatoms. The van der Waals surface area contributed by atoms with Gasteiger partial charge in [0, 0.05) is 81.8 Å². The molecule has 6 rings (SSSR count). The van der Waals surface area contributed by atoms with Gasteiger partial charge >= 0.3 is 5.97 Å². The molecular weight excluding hydrogens is 931 g/mol. The first-order chi connectivity index (χ1) is 34.0. The van der Waals surface area contributed by atoms with E-state index in [9.17, 15) is 29.7 Å². The fourth-order valence-corrected chi connectivity index (χ4v) is 11.6. The zero-order chi connectivity index (χ0) is 52.9. The first kappa shape index (κ1) is 57.8. The van der Waals surface area contributed by atoms with E-state index in [1.165, 1.54) is 7.11 Å². The maximum Gasteiger partial charge on any atom is 0.311 e. The van der Waals surface area contributed by atoms with Gasteiger partial charge in [0.25, 0.3) is 0 Å². The molecule has 5 N–H and O–H groups in total. The van der Waals surface area contributed by atoms with Gasteiger partial charge in [-0.25, -0.2) is 5.48 Å². The number of fused-ring (bicyclic) bond motifs is 1. The number of Topliss-reactive ketones (excluding diaryl/α,β-unsaturated/α-hetero) is 1. The van der Waals surface area contributed by atoms with Crippen molar-refractivity contribution in [3.63, 3.8) is 0 Å². The maximum absolute atomic E-state index is 14.3. The summed E-state index contributed by atoms with van der Waals surface area (Å²) in [5.74, 6) is -5.18. The largest absolute Gasteiger partial charge is 0.458 e. The summed E-state index contributed by atoms with van der Waals surface area (Å²) in [5, 5.41) is 51.7. The van der Waals surface area contributed by atoms with E-state index in [1.807, 2.05) is 31.6 Å². The third-order valence-corrected chi connectivity index (χ3v) is 16.6. The highest BCUT2D eigenvalue weighted by Crippen LogP contribution is 2.52. The van der Waals surface area contributed by atoms with Gasteiger partial charge in [0.2, 0.25) is 5.91 Å². The van der Waals surface area contributed by atoms with Crippen LogP contribution in [0.1, 0.15) is 132 Å². The van der Waals surface area contributed by atoms with Crippen LogP contribution in [0, 0.1) is 29.6 Å². The van der Waals surface area contributed by atoms with Gasteiger partial charge in [-0.15, -0.1) is 5.10 Å². The Kier molecular flexibility index (Phi) is 19.6. The van der Waals surface area contributed by atoms with Crippen LogP contribution in [0.5, 0.6) is 0 Å². The highest BCUT2D eigenvalue weighted by atomic mass is 16.7. The van der Waals surface area contributed by atoms with Crippen LogP contribution in [0.2, 0.25) is 0 Å². The van der Waals surface area contributed by atoms with Crippen molar-refractivity contribution in [1.82, 2.24) is 25.4 Å². The Balaban J connectivity index is 1.20. The molecule has 4 aliphatic rings. The van der Waals surface area contributed by atoms with Crippen LogP contribution in [0.25, 0.3) is 11.3 Å². The number of ether oxygens (including phenoxy) is 7. The second kappa shape index (κ2) is 24.5. The Morgan fingerprint density at radius 3 is 2.19 bits per heavy atom. The summed E-state index contributed by atoms with van der Waals surface area (Å²) < 4.78 is 47.0. The minimum absolute atomic E-state index is 0.0410. The van der Waals surface area contributed by atoms with E-state index < -0.39 is 102 Å². The molecule has 3 saturated heterocycles. The molecule has 0 radical (unpaired) electrons. The molecular formula is C53H85N5O14. The lowest BCUT2D eigenvalue weighted by atomic mass is 9.75. The van der Waals surface area contributed by atoms with Crippen molar-refractivity contribution in [3.8, 4) is 11.3 Å². The molecule has 1 aromatic carbocycles. The number of aliphatic hydroxyl groups excluding tert-OH is 2. The number of benzene rings is 1. The normalized spacial score (nSPS) is 39.0. The topological polar surface area (TPSA) is 243 Å². The van der Waals surface area contributed by atoms with Crippen LogP contribution in [0.15, 0.2) is 30.5 Å². The number of ketones is 1. The molecule has 3 aliphatic heterocycles. The molecule has 406 valence electrons. The van der Waals surface area contributed by atoms with Crippen molar-refractivity contribution in [2.24, 2.45) is 29.6 Å². The SMILES string of the molecule is CO[C@]1(C)CC(O[C@@H]2[C@H](C)[C@@H](OC3C[C@@H](N(C)Cc4ccc(-c5cn(CCCCCCCC(=O)NO)nn5)cc4)C[C@@H](C)O3)[C@@](C)(OC)C[C@@H](C)C(=O)[C@H](C)[C@@H](O)[C@@]3(O)C(C)C3OC(=O)[C@@H]2C)O[C@@H](C)[C@@H]1O. The molecule has 72 heavy (non-hydrogen) atoms. The average molecular weight is 1020 g/mol. The van der Waals surface area contributed by atoms with Crippen LogP contribution in [-0.2, 0) is 60.6 Å². The van der Waals surface area contributed by atoms with E-state index in [-0.39, 0.29) is 36.7 Å². The first-order valence-corrected chi connectivity index (χ1v) is 26.2. The maximum atomic E-state index is 14.3. The number of esters is 1. The van der Waals surface area contributed by atoms with E-state index in [2.05, 4.69) is 46.5 Å². The quantitative estimate of drug-likeness (QED) is 0.0546. The Labute approximate surface area is 425 Å². The lowest BCUT2D eigenvalue weighted by molar-refractivity contribution is -0.309. The summed E-state index contributed by atoms with van der Waals surface area (Å²) in [6.07, 6.45) is 0.612. The third-order valence-electron chi connectivity index (χ3n) is 16.6. The summed E-state index contributed by atoms with van der Waals surface area (Å²) in [5.41, 5.74) is 0.505. The minimum atomic E-state index is -1.82. The number of unbranched alkanes of at least 4 members (excludes halogenated alkanes) is 4. The van der Waals surface area contributed by atoms with Crippen molar-refractivity contribution in [3.05, 3.63) is 36.0 Å². The summed E-state index contributed by atoms with van der Waals surface area (Å²) in [4.78, 5) is 42.1. The number of hydroxylamine groups is 1. The van der Waals surface area contributed by atoms with Crippen LogP contribution in [-0.4, -0.2) is 158 Å². The Hall–Kier alpha value is -3.47. The van der Waals surface area contributed by atoms with Gasteiger partial charge in [0.1, 0.15) is 29.3 Å². The van der Waals surface area contributed by atoms with E-state index in [4.69, 9.17) is 38.4 Å². The second-order valence-electron chi connectivity index (χ2n) is 22.1. The van der Waals surface area contributed by atoms with Gasteiger partial charge in [-0.2, -0.15) is 0 Å². The fraction of sp³-hybridized carbons (Fsp3) is 0.792. The molecule has 4 heterocycles. The molecule has 1 aliphatic carbocycles. The number of carbonyl (C=O) groups excluding carboxylic acids is 3. The number of carbonyl (C=O) groups is 3. The number of nitrogens with zero attached hydrogens (tertiary/aromatic N) is 4. The Morgan fingerprint density at radius 1 is 0.861 bits per heavy atom. The number of rotatable bonds is 18. The summed E-state index contributed by atoms with van der Waals surface area (Å²) in [7, 11) is 5.18. The van der Waals surface area contributed by atoms with Crippen LogP contribution in [0.4, 0.5) is 0 Å². The molecule has 2 aromatic rings. The zero-order valence-electron chi connectivity index (χ0n) is 44.7. The molecule has 4 fully saturated rings. The third kappa shape index (κ3) is 13.1. The highest BCUT2D eigenvalue weighted by Gasteiger charge is 2.70. The molecule has 1 aromatic heterocycles. The number of aromatic nitrogens is 3. The highest BCUT2D eigenvalue weighted by molar-refractivity contribution is 5.84. The molecule has 19 nitrogen and oxygen atoms in total. The van der Waals surface area contributed by atoms with E-state index in [0.29, 0.717) is 19.4 Å². The van der Waals surface area contributed by atoms with Crippen molar-refractivity contribution < 1.29 is 68.1 Å². The molecule has 1 saturated carbocycles. The Bertz CT molecular complexity index is 2100. The molecule has 4 unspecified atom stereocenters. The van der Waals surface area contributed by atoms with Gasteiger partial charge in [-0.3, -0.25) is 29.2 Å². The minimum Gasteiger partial charge on any atom is -0.458 e. The number of amides is 1. The van der Waals surface area contributed by atoms with Gasteiger partial charge in [-0.1, -0.05) is 76.4 Å². The van der Waals surface area contributed by atoms with Crippen molar-refractivity contribution >= 4 is 17.7 Å². The first-order valence-electron chi connectivity index (χ1n) is 26.2. The van der Waals surface area contributed by atoms with E-state index in [1.54, 1.807) is 54.1 Å². The number of hydrogen-bond donors (Lipinski definition) is 5. The molecule has 0 spiro atoms. The van der Waals surface area contributed by atoms with Gasteiger partial charge in [-0.05, 0) is 72.9 Å². The van der Waals surface area contributed by atoms with Gasteiger partial charge in [0.15, 0.2) is 12.6 Å². The number of hydrogen-bond acceptors (Lipinski definition) is 17. The zero-order valence-corrected chi connectivity index (χ0v) is 44.7. The molecule has 0 bridgehead atoms. The fourth-order valence-electron chi connectivity index (χ4n) is 11.6. The number of nitrogens with one attached hydrogen (secondary N) is 1.